The minimum absolute atomic E-state index is 1.32. The van der Waals surface area contributed by atoms with E-state index < -0.39 is 0 Å². The van der Waals surface area contributed by atoms with Gasteiger partial charge in [-0.2, -0.15) is 0 Å². The first-order valence-corrected chi connectivity index (χ1v) is 5.32. The maximum Gasteiger partial charge on any atom is -0.0398 e. The van der Waals surface area contributed by atoms with Crippen LogP contribution in [-0.4, -0.2) is 0 Å². The lowest BCUT2D eigenvalue weighted by molar-refractivity contribution is 1.48. The van der Waals surface area contributed by atoms with Crippen molar-refractivity contribution in [2.45, 2.75) is 13.8 Å². The summed E-state index contributed by atoms with van der Waals surface area (Å²) in [5.41, 5.74) is 2.64. The Kier molecular flexibility index (Phi) is 8.62. The van der Waals surface area contributed by atoms with Gasteiger partial charge in [-0.15, -0.1) is 13.2 Å². The first-order valence-electron chi connectivity index (χ1n) is 5.32. The van der Waals surface area contributed by atoms with Gasteiger partial charge in [0, 0.05) is 0 Å². The first kappa shape index (κ1) is 14.2. The van der Waals surface area contributed by atoms with Crippen molar-refractivity contribution in [1.82, 2.24) is 0 Å². The number of aryl methyl sites for hydroxylation is 2. The highest BCUT2D eigenvalue weighted by Crippen LogP contribution is 1.92. The molecule has 0 spiro atoms. The van der Waals surface area contributed by atoms with Crippen LogP contribution in [0.25, 0.3) is 0 Å². The van der Waals surface area contributed by atoms with Crippen LogP contribution in [0.5, 0.6) is 0 Å². The zero-order valence-electron chi connectivity index (χ0n) is 10.2. The Morgan fingerprint density at radius 3 is 0.938 bits per heavy atom. The minimum Gasteiger partial charge on any atom is -0.106 e. The second-order valence-corrected chi connectivity index (χ2v) is 3.31. The molecule has 0 saturated carbocycles. The van der Waals surface area contributed by atoms with Crippen LogP contribution < -0.4 is 0 Å². The summed E-state index contributed by atoms with van der Waals surface area (Å²) in [6, 6.07) is 20.5. The Bertz CT molecular complexity index is 311. The topological polar surface area (TPSA) is 0 Å². The lowest BCUT2D eigenvalue weighted by atomic mass is 10.2. The van der Waals surface area contributed by atoms with Crippen LogP contribution in [0.2, 0.25) is 0 Å². The molecule has 0 N–H and O–H groups in total. The van der Waals surface area contributed by atoms with Gasteiger partial charge in [-0.3, -0.25) is 0 Å². The lowest BCUT2D eigenvalue weighted by Crippen LogP contribution is -1.62. The van der Waals surface area contributed by atoms with Gasteiger partial charge in [0.05, 0.1) is 0 Å². The monoisotopic (exact) mass is 212 g/mol. The molecule has 0 unspecified atom stereocenters. The molecule has 0 atom stereocenters. The summed E-state index contributed by atoms with van der Waals surface area (Å²) in [4.78, 5) is 0. The molecule has 0 aliphatic carbocycles. The fraction of sp³-hybridized carbons (Fsp3) is 0.125. The Morgan fingerprint density at radius 1 is 0.562 bits per heavy atom. The van der Waals surface area contributed by atoms with Crippen LogP contribution in [0.4, 0.5) is 0 Å². The molecule has 0 bridgehead atoms. The number of hydrogen-bond acceptors (Lipinski definition) is 0. The van der Waals surface area contributed by atoms with Gasteiger partial charge >= 0.3 is 0 Å². The second kappa shape index (κ2) is 9.72. The second-order valence-electron chi connectivity index (χ2n) is 3.31. The normalized spacial score (nSPS) is 7.88. The van der Waals surface area contributed by atoms with Crippen LogP contribution in [0.3, 0.4) is 0 Å². The third-order valence-corrected chi connectivity index (χ3v) is 1.88. The molecule has 2 aromatic rings. The predicted octanol–water partition coefficient (Wildman–Crippen LogP) is 4.79. The molecule has 2 rings (SSSR count). The van der Waals surface area contributed by atoms with E-state index in [1.54, 1.807) is 0 Å². The predicted molar refractivity (Wildman–Crippen MR) is 73.6 cm³/mol. The van der Waals surface area contributed by atoms with E-state index in [-0.39, 0.29) is 0 Å². The van der Waals surface area contributed by atoms with Crippen LogP contribution in [0, 0.1) is 13.8 Å². The Balaban J connectivity index is 0.000000244. The molecule has 0 heteroatoms. The van der Waals surface area contributed by atoms with Crippen LogP contribution in [0.1, 0.15) is 11.1 Å². The third kappa shape index (κ3) is 7.57. The number of hydrogen-bond donors (Lipinski definition) is 0. The Hall–Kier alpha value is -1.82. The number of rotatable bonds is 0. The molecule has 16 heavy (non-hydrogen) atoms. The first-order chi connectivity index (χ1) is 7.79. The van der Waals surface area contributed by atoms with Crippen LogP contribution in [-0.2, 0) is 0 Å². The van der Waals surface area contributed by atoms with Crippen molar-refractivity contribution >= 4 is 0 Å². The van der Waals surface area contributed by atoms with Crippen molar-refractivity contribution in [1.29, 1.82) is 0 Å². The maximum absolute atomic E-state index is 3.00. The summed E-state index contributed by atoms with van der Waals surface area (Å²) in [7, 11) is 0. The molecular weight excluding hydrogens is 192 g/mol. The lowest BCUT2D eigenvalue weighted by Gasteiger charge is -1.82. The molecule has 0 aliphatic rings. The summed E-state index contributed by atoms with van der Waals surface area (Å²) >= 11 is 0. The van der Waals surface area contributed by atoms with Gasteiger partial charge < -0.3 is 0 Å². The zero-order valence-corrected chi connectivity index (χ0v) is 10.2. The molecule has 0 radical (unpaired) electrons. The summed E-state index contributed by atoms with van der Waals surface area (Å²) in [6.07, 6.45) is 0. The molecule has 0 aliphatic heterocycles. The Labute approximate surface area is 99.3 Å². The fourth-order valence-corrected chi connectivity index (χ4v) is 1.07. The molecular formula is C16H20. The van der Waals surface area contributed by atoms with Crippen molar-refractivity contribution in [3.63, 3.8) is 0 Å². The van der Waals surface area contributed by atoms with Crippen LogP contribution >= 0.6 is 0 Å². The standard InChI is InChI=1S/2C7H8.C2H4/c2*1-7-5-3-2-4-6-7;1-2/h2*2-6H,1H3;1-2H2. The highest BCUT2D eigenvalue weighted by molar-refractivity contribution is 5.12. The summed E-state index contributed by atoms with van der Waals surface area (Å²) in [6.45, 7) is 10.2. The molecule has 2 aromatic carbocycles. The van der Waals surface area contributed by atoms with E-state index in [1.165, 1.54) is 11.1 Å². The van der Waals surface area contributed by atoms with Crippen molar-refractivity contribution in [3.05, 3.63) is 84.9 Å². The van der Waals surface area contributed by atoms with E-state index in [0.29, 0.717) is 0 Å². The summed E-state index contributed by atoms with van der Waals surface area (Å²) in [5, 5.41) is 0. The zero-order chi connectivity index (χ0) is 12.2. The van der Waals surface area contributed by atoms with Gasteiger partial charge in [-0.25, -0.2) is 0 Å². The molecule has 0 amide bonds. The van der Waals surface area contributed by atoms with E-state index in [0.717, 1.165) is 0 Å². The van der Waals surface area contributed by atoms with Crippen molar-refractivity contribution < 1.29 is 0 Å². The average Bonchev–Trinajstić information content (AvgIpc) is 2.34. The van der Waals surface area contributed by atoms with Crippen molar-refractivity contribution in [2.75, 3.05) is 0 Å². The third-order valence-electron chi connectivity index (χ3n) is 1.88. The highest BCUT2D eigenvalue weighted by Gasteiger charge is 1.72. The summed E-state index contributed by atoms with van der Waals surface area (Å²) < 4.78 is 0. The average molecular weight is 212 g/mol. The van der Waals surface area contributed by atoms with Gasteiger partial charge in [-0.05, 0) is 13.8 Å². The van der Waals surface area contributed by atoms with Gasteiger partial charge in [0.25, 0.3) is 0 Å². The smallest absolute Gasteiger partial charge is 0.0398 e. The molecule has 0 nitrogen and oxygen atoms in total. The van der Waals surface area contributed by atoms with E-state index in [2.05, 4.69) is 51.3 Å². The molecule has 0 saturated heterocycles. The molecule has 0 heterocycles. The SMILES string of the molecule is C=C.Cc1ccccc1.Cc1ccccc1. The van der Waals surface area contributed by atoms with Gasteiger partial charge in [0.2, 0.25) is 0 Å². The van der Waals surface area contributed by atoms with E-state index in [4.69, 9.17) is 0 Å². The van der Waals surface area contributed by atoms with E-state index in [9.17, 15) is 0 Å². The van der Waals surface area contributed by atoms with Gasteiger partial charge in [0.1, 0.15) is 0 Å². The minimum atomic E-state index is 1.32. The molecule has 0 aromatic heterocycles. The highest BCUT2D eigenvalue weighted by atomic mass is 13.8. The Morgan fingerprint density at radius 2 is 0.812 bits per heavy atom. The fourth-order valence-electron chi connectivity index (χ4n) is 1.07. The van der Waals surface area contributed by atoms with E-state index in [1.807, 2.05) is 36.4 Å². The molecule has 0 fully saturated rings. The quantitative estimate of drug-likeness (QED) is 0.551. The largest absolute Gasteiger partial charge is 0.106 e. The maximum atomic E-state index is 3.00. The van der Waals surface area contributed by atoms with Gasteiger partial charge in [-0.1, -0.05) is 71.8 Å². The number of benzene rings is 2. The van der Waals surface area contributed by atoms with Crippen LogP contribution in [0.15, 0.2) is 73.8 Å². The van der Waals surface area contributed by atoms with Crippen molar-refractivity contribution in [2.24, 2.45) is 0 Å². The van der Waals surface area contributed by atoms with Gasteiger partial charge in [0.15, 0.2) is 0 Å². The van der Waals surface area contributed by atoms with E-state index >= 15 is 0 Å². The van der Waals surface area contributed by atoms with Crippen molar-refractivity contribution in [3.8, 4) is 0 Å². The molecule has 84 valence electrons. The summed E-state index contributed by atoms with van der Waals surface area (Å²) in [5.74, 6) is 0.